The van der Waals surface area contributed by atoms with Crippen molar-refractivity contribution in [1.29, 1.82) is 0 Å². The van der Waals surface area contributed by atoms with Gasteiger partial charge in [-0.3, -0.25) is 0 Å². The Hall–Kier alpha value is -0.740. The first-order valence-corrected chi connectivity index (χ1v) is 5.41. The molecule has 2 rings (SSSR count). The molecule has 0 spiro atoms. The third-order valence-corrected chi connectivity index (χ3v) is 3.00. The second kappa shape index (κ2) is 4.63. The van der Waals surface area contributed by atoms with Crippen molar-refractivity contribution in [3.8, 4) is 0 Å². The Morgan fingerprint density at radius 1 is 1.12 bits per heavy atom. The maximum Gasteiger partial charge on any atom is 0.161 e. The highest BCUT2D eigenvalue weighted by molar-refractivity contribution is 6.20. The summed E-state index contributed by atoms with van der Waals surface area (Å²) >= 11 is 5.91. The third kappa shape index (κ3) is 2.33. The van der Waals surface area contributed by atoms with Gasteiger partial charge in [0, 0.05) is 23.6 Å². The van der Waals surface area contributed by atoms with Gasteiger partial charge in [-0.2, -0.15) is 0 Å². The Morgan fingerprint density at radius 3 is 2.50 bits per heavy atom. The molecule has 0 aromatic heterocycles. The van der Waals surface area contributed by atoms with Gasteiger partial charge in [-0.25, -0.2) is 13.2 Å². The van der Waals surface area contributed by atoms with Crippen LogP contribution in [-0.2, 0) is 4.74 Å². The number of hydrogen-bond donors (Lipinski definition) is 0. The Bertz CT molecular complexity index is 397. The van der Waals surface area contributed by atoms with Crippen molar-refractivity contribution in [1.82, 2.24) is 0 Å². The van der Waals surface area contributed by atoms with E-state index >= 15 is 0 Å². The molecule has 2 unspecified atom stereocenters. The van der Waals surface area contributed by atoms with Gasteiger partial charge in [0.2, 0.25) is 0 Å². The van der Waals surface area contributed by atoms with Gasteiger partial charge in [-0.15, -0.1) is 11.6 Å². The summed E-state index contributed by atoms with van der Waals surface area (Å²) in [6, 6.07) is 1.37. The van der Waals surface area contributed by atoms with E-state index in [0.29, 0.717) is 25.5 Å². The molecule has 0 aliphatic carbocycles. The zero-order valence-electron chi connectivity index (χ0n) is 8.35. The van der Waals surface area contributed by atoms with Crippen LogP contribution in [0.5, 0.6) is 0 Å². The highest BCUT2D eigenvalue weighted by Crippen LogP contribution is 2.32. The van der Waals surface area contributed by atoms with E-state index < -0.39 is 23.6 Å². The molecule has 1 aliphatic heterocycles. The summed E-state index contributed by atoms with van der Waals surface area (Å²) in [6.07, 6.45) is 0.499. The normalized spacial score (nSPS) is 25.8. The van der Waals surface area contributed by atoms with E-state index in [0.717, 1.165) is 6.07 Å². The van der Waals surface area contributed by atoms with Crippen LogP contribution >= 0.6 is 11.6 Å². The summed E-state index contributed by atoms with van der Waals surface area (Å²) < 4.78 is 44.4. The molecule has 5 heteroatoms. The fourth-order valence-electron chi connectivity index (χ4n) is 1.76. The predicted molar refractivity (Wildman–Crippen MR) is 53.9 cm³/mol. The molecule has 0 saturated carbocycles. The molecule has 0 radical (unpaired) electrons. The molecule has 1 fully saturated rings. The van der Waals surface area contributed by atoms with Gasteiger partial charge in [-0.1, -0.05) is 0 Å². The van der Waals surface area contributed by atoms with E-state index in [1.165, 1.54) is 0 Å². The predicted octanol–water partition coefficient (Wildman–Crippen LogP) is 3.56. The molecule has 1 aliphatic rings. The van der Waals surface area contributed by atoms with Crippen LogP contribution in [0.25, 0.3) is 0 Å². The summed E-state index contributed by atoms with van der Waals surface area (Å²) in [6.45, 7) is 0.400. The first-order valence-electron chi connectivity index (χ1n) is 4.98. The summed E-state index contributed by atoms with van der Waals surface area (Å²) in [7, 11) is 0. The maximum atomic E-state index is 13.4. The number of halogens is 4. The molecule has 0 amide bonds. The first-order chi connectivity index (χ1) is 7.58. The van der Waals surface area contributed by atoms with Crippen LogP contribution in [0.1, 0.15) is 24.5 Å². The largest absolute Gasteiger partial charge is 0.373 e. The summed E-state index contributed by atoms with van der Waals surface area (Å²) in [5.74, 6) is -3.06. The number of hydrogen-bond acceptors (Lipinski definition) is 1. The van der Waals surface area contributed by atoms with Crippen molar-refractivity contribution in [2.75, 3.05) is 6.61 Å². The molecule has 1 aromatic carbocycles. The first kappa shape index (κ1) is 11.7. The van der Waals surface area contributed by atoms with Crippen molar-refractivity contribution in [3.05, 3.63) is 35.1 Å². The van der Waals surface area contributed by atoms with E-state index in [9.17, 15) is 13.2 Å². The summed E-state index contributed by atoms with van der Waals surface area (Å²) in [5.41, 5.74) is 0.0317. The fraction of sp³-hybridized carbons (Fsp3) is 0.455. The fourth-order valence-corrected chi connectivity index (χ4v) is 2.01. The van der Waals surface area contributed by atoms with Gasteiger partial charge in [-0.05, 0) is 18.9 Å². The summed E-state index contributed by atoms with van der Waals surface area (Å²) in [5, 5.41) is -0.119. The van der Waals surface area contributed by atoms with Crippen LogP contribution in [0, 0.1) is 17.5 Å². The monoisotopic (exact) mass is 250 g/mol. The molecule has 0 bridgehead atoms. The standard InChI is InChI=1S/C11H10ClF3O/c12-6-1-2-16-11(3-6)7-4-9(14)10(15)5-8(7)13/h4-6,11H,1-3H2. The topological polar surface area (TPSA) is 9.23 Å². The van der Waals surface area contributed by atoms with Crippen LogP contribution in [0.3, 0.4) is 0 Å². The lowest BCUT2D eigenvalue weighted by Crippen LogP contribution is -2.21. The smallest absolute Gasteiger partial charge is 0.161 e. The van der Waals surface area contributed by atoms with Gasteiger partial charge >= 0.3 is 0 Å². The van der Waals surface area contributed by atoms with E-state index in [1.54, 1.807) is 0 Å². The van der Waals surface area contributed by atoms with Crippen molar-refractivity contribution in [2.45, 2.75) is 24.3 Å². The average Bonchev–Trinajstić information content (AvgIpc) is 2.23. The lowest BCUT2D eigenvalue weighted by Gasteiger charge is -2.26. The van der Waals surface area contributed by atoms with Gasteiger partial charge in [0.15, 0.2) is 11.6 Å². The highest BCUT2D eigenvalue weighted by Gasteiger charge is 2.26. The summed E-state index contributed by atoms with van der Waals surface area (Å²) in [4.78, 5) is 0. The van der Waals surface area contributed by atoms with Crippen molar-refractivity contribution in [2.24, 2.45) is 0 Å². The Labute approximate surface area is 96.2 Å². The Kier molecular flexibility index (Phi) is 3.40. The van der Waals surface area contributed by atoms with E-state index in [1.807, 2.05) is 0 Å². The van der Waals surface area contributed by atoms with Crippen LogP contribution in [0.15, 0.2) is 12.1 Å². The molecule has 1 heterocycles. The average molecular weight is 251 g/mol. The molecular weight excluding hydrogens is 241 g/mol. The number of ether oxygens (including phenoxy) is 1. The van der Waals surface area contributed by atoms with E-state index in [4.69, 9.17) is 16.3 Å². The van der Waals surface area contributed by atoms with Crippen LogP contribution in [0.2, 0.25) is 0 Å². The molecule has 16 heavy (non-hydrogen) atoms. The third-order valence-electron chi connectivity index (χ3n) is 2.61. The van der Waals surface area contributed by atoms with E-state index in [2.05, 4.69) is 0 Å². The van der Waals surface area contributed by atoms with Gasteiger partial charge in [0.1, 0.15) is 5.82 Å². The highest BCUT2D eigenvalue weighted by atomic mass is 35.5. The van der Waals surface area contributed by atoms with E-state index in [-0.39, 0.29) is 10.9 Å². The van der Waals surface area contributed by atoms with Crippen LogP contribution in [-0.4, -0.2) is 12.0 Å². The second-order valence-electron chi connectivity index (χ2n) is 3.77. The zero-order chi connectivity index (χ0) is 11.7. The molecule has 1 nitrogen and oxygen atoms in total. The molecule has 88 valence electrons. The maximum absolute atomic E-state index is 13.4. The van der Waals surface area contributed by atoms with Crippen molar-refractivity contribution >= 4 is 11.6 Å². The molecule has 1 aromatic rings. The van der Waals surface area contributed by atoms with Crippen molar-refractivity contribution < 1.29 is 17.9 Å². The number of alkyl halides is 1. The van der Waals surface area contributed by atoms with Gasteiger partial charge in [0.25, 0.3) is 0 Å². The second-order valence-corrected chi connectivity index (χ2v) is 4.39. The minimum Gasteiger partial charge on any atom is -0.373 e. The Balaban J connectivity index is 2.29. The zero-order valence-corrected chi connectivity index (χ0v) is 9.11. The minimum atomic E-state index is -1.19. The number of benzene rings is 1. The minimum absolute atomic E-state index is 0.0317. The van der Waals surface area contributed by atoms with Crippen LogP contribution in [0.4, 0.5) is 13.2 Å². The molecule has 0 N–H and O–H groups in total. The Morgan fingerprint density at radius 2 is 1.81 bits per heavy atom. The quantitative estimate of drug-likeness (QED) is 0.547. The SMILES string of the molecule is Fc1cc(F)c(C2CC(Cl)CCO2)cc1F. The number of rotatable bonds is 1. The molecule has 2 atom stereocenters. The van der Waals surface area contributed by atoms with Crippen LogP contribution < -0.4 is 0 Å². The molecule has 1 saturated heterocycles. The van der Waals surface area contributed by atoms with Crippen molar-refractivity contribution in [3.63, 3.8) is 0 Å². The lowest BCUT2D eigenvalue weighted by atomic mass is 10.0. The van der Waals surface area contributed by atoms with Gasteiger partial charge < -0.3 is 4.74 Å². The van der Waals surface area contributed by atoms with Gasteiger partial charge in [0.05, 0.1) is 6.10 Å². The molecular formula is C11H10ClF3O. The lowest BCUT2D eigenvalue weighted by molar-refractivity contribution is 0.0145.